The molecule has 1 unspecified atom stereocenters. The highest BCUT2D eigenvalue weighted by molar-refractivity contribution is 5.76. The average Bonchev–Trinajstić information content (AvgIpc) is 3.23. The van der Waals surface area contributed by atoms with Gasteiger partial charge in [0.1, 0.15) is 0 Å². The lowest BCUT2D eigenvalue weighted by Crippen LogP contribution is -2.44. The van der Waals surface area contributed by atoms with Crippen LogP contribution in [0.15, 0.2) is 34.9 Å². The largest absolute Gasteiger partial charge is 0.343 e. The Labute approximate surface area is 166 Å². The molecule has 28 heavy (non-hydrogen) atoms. The van der Waals surface area contributed by atoms with Gasteiger partial charge in [0.25, 0.3) is 0 Å². The molecule has 3 heterocycles. The van der Waals surface area contributed by atoms with E-state index in [-0.39, 0.29) is 17.9 Å². The zero-order valence-electron chi connectivity index (χ0n) is 16.5. The van der Waals surface area contributed by atoms with E-state index in [2.05, 4.69) is 34.6 Å². The van der Waals surface area contributed by atoms with E-state index in [0.29, 0.717) is 6.42 Å². The minimum absolute atomic E-state index is 0.172. The number of aromatic nitrogens is 2. The van der Waals surface area contributed by atoms with Crippen LogP contribution >= 0.6 is 0 Å². The van der Waals surface area contributed by atoms with Gasteiger partial charge in [-0.1, -0.05) is 35.5 Å². The summed E-state index contributed by atoms with van der Waals surface area (Å²) in [6, 6.07) is 10.4. The first kappa shape index (κ1) is 19.1. The molecule has 1 N–H and O–H groups in total. The van der Waals surface area contributed by atoms with Crippen molar-refractivity contribution in [3.8, 4) is 0 Å². The van der Waals surface area contributed by atoms with E-state index < -0.39 is 0 Å². The Morgan fingerprint density at radius 3 is 2.75 bits per heavy atom. The van der Waals surface area contributed by atoms with E-state index >= 15 is 0 Å². The van der Waals surface area contributed by atoms with Crippen LogP contribution in [0.5, 0.6) is 0 Å². The fraction of sp³-hybridized carbons (Fsp3) is 0.571. The van der Waals surface area contributed by atoms with E-state index in [0.717, 1.165) is 63.7 Å². The molecule has 4 rings (SSSR count). The lowest BCUT2D eigenvalue weighted by molar-refractivity contribution is -0.132. The molecule has 7 nitrogen and oxygen atoms in total. The first-order chi connectivity index (χ1) is 13.7. The number of nitrogens with zero attached hydrogens (tertiary/aromatic N) is 4. The van der Waals surface area contributed by atoms with Gasteiger partial charge in [-0.15, -0.1) is 0 Å². The molecular weight excluding hydrogens is 354 g/mol. The third-order valence-corrected chi connectivity index (χ3v) is 5.93. The second-order valence-corrected chi connectivity index (χ2v) is 7.83. The molecule has 2 saturated heterocycles. The number of likely N-dealkylation sites (N-methyl/N-ethyl adjacent to an activating group) is 1. The number of likely N-dealkylation sites (tertiary alicyclic amines) is 1. The van der Waals surface area contributed by atoms with E-state index in [9.17, 15) is 4.79 Å². The summed E-state index contributed by atoms with van der Waals surface area (Å²) >= 11 is 0. The summed E-state index contributed by atoms with van der Waals surface area (Å²) in [7, 11) is 2.10. The van der Waals surface area contributed by atoms with Crippen LogP contribution in [0.1, 0.15) is 48.5 Å². The number of nitrogens with one attached hydrogen (secondary N) is 1. The summed E-state index contributed by atoms with van der Waals surface area (Å²) in [6.07, 6.45) is 3.14. The quantitative estimate of drug-likeness (QED) is 0.851. The first-order valence-corrected chi connectivity index (χ1v) is 10.3. The number of carbonyl (C=O) groups excluding carboxylic acids is 1. The molecule has 1 atom stereocenters. The van der Waals surface area contributed by atoms with Crippen molar-refractivity contribution in [2.45, 2.75) is 37.6 Å². The number of aryl methyl sites for hydroxylation is 1. The summed E-state index contributed by atoms with van der Waals surface area (Å²) in [5, 5.41) is 7.62. The van der Waals surface area contributed by atoms with E-state index in [1.54, 1.807) is 0 Å². The summed E-state index contributed by atoms with van der Waals surface area (Å²) in [5.41, 5.74) is 1.21. The zero-order chi connectivity index (χ0) is 19.3. The molecule has 0 aliphatic carbocycles. The van der Waals surface area contributed by atoms with Crippen molar-refractivity contribution < 1.29 is 9.32 Å². The SMILES string of the molecule is CN1CCNCC1c1noc(C2CCN(C(=O)CCc3ccccc3)CC2)n1. The number of amides is 1. The summed E-state index contributed by atoms with van der Waals surface area (Å²) in [4.78, 5) is 21.5. The Hall–Kier alpha value is -2.25. The van der Waals surface area contributed by atoms with Crippen molar-refractivity contribution in [3.63, 3.8) is 0 Å². The van der Waals surface area contributed by atoms with Crippen LogP contribution in [0.25, 0.3) is 0 Å². The van der Waals surface area contributed by atoms with Gasteiger partial charge in [-0.25, -0.2) is 0 Å². The smallest absolute Gasteiger partial charge is 0.229 e. The number of benzene rings is 1. The molecule has 2 aliphatic rings. The van der Waals surface area contributed by atoms with Crippen LogP contribution in [-0.2, 0) is 11.2 Å². The van der Waals surface area contributed by atoms with Crippen LogP contribution in [0.2, 0.25) is 0 Å². The molecule has 1 amide bonds. The predicted octanol–water partition coefficient (Wildman–Crippen LogP) is 1.98. The van der Waals surface area contributed by atoms with Crippen molar-refractivity contribution in [2.75, 3.05) is 39.8 Å². The fourth-order valence-corrected chi connectivity index (χ4v) is 4.07. The Balaban J connectivity index is 1.27. The molecule has 0 radical (unpaired) electrons. The number of hydrogen-bond acceptors (Lipinski definition) is 6. The van der Waals surface area contributed by atoms with Crippen molar-refractivity contribution in [1.29, 1.82) is 0 Å². The summed E-state index contributed by atoms with van der Waals surface area (Å²) < 4.78 is 5.59. The number of carbonyl (C=O) groups is 1. The van der Waals surface area contributed by atoms with Crippen LogP contribution in [-0.4, -0.2) is 65.6 Å². The van der Waals surface area contributed by atoms with Crippen LogP contribution in [0.4, 0.5) is 0 Å². The maximum absolute atomic E-state index is 12.5. The first-order valence-electron chi connectivity index (χ1n) is 10.3. The number of piperazine rings is 1. The Bertz CT molecular complexity index is 770. The second-order valence-electron chi connectivity index (χ2n) is 7.83. The predicted molar refractivity (Wildman–Crippen MR) is 106 cm³/mol. The number of hydrogen-bond donors (Lipinski definition) is 1. The number of piperidine rings is 1. The Morgan fingerprint density at radius 2 is 2.00 bits per heavy atom. The van der Waals surface area contributed by atoms with Gasteiger partial charge < -0.3 is 14.7 Å². The van der Waals surface area contributed by atoms with Crippen LogP contribution in [0.3, 0.4) is 0 Å². The summed E-state index contributed by atoms with van der Waals surface area (Å²) in [5.74, 6) is 1.99. The highest BCUT2D eigenvalue weighted by Gasteiger charge is 2.30. The standard InChI is InChI=1S/C21H29N5O2/c1-25-14-11-22-15-18(25)20-23-21(28-24-20)17-9-12-26(13-10-17)19(27)8-7-16-5-3-2-4-6-16/h2-6,17-18,22H,7-15H2,1H3. The van der Waals surface area contributed by atoms with Gasteiger partial charge >= 0.3 is 0 Å². The maximum atomic E-state index is 12.5. The van der Waals surface area contributed by atoms with Gasteiger partial charge in [-0.3, -0.25) is 9.69 Å². The van der Waals surface area contributed by atoms with E-state index in [1.807, 2.05) is 23.1 Å². The topological polar surface area (TPSA) is 74.5 Å². The minimum atomic E-state index is 0.172. The molecule has 2 aliphatic heterocycles. The summed E-state index contributed by atoms with van der Waals surface area (Å²) in [6.45, 7) is 4.36. The Kier molecular flexibility index (Phi) is 6.02. The van der Waals surface area contributed by atoms with Crippen molar-refractivity contribution in [2.24, 2.45) is 0 Å². The highest BCUT2D eigenvalue weighted by Crippen LogP contribution is 2.28. The fourth-order valence-electron chi connectivity index (χ4n) is 4.07. The third-order valence-electron chi connectivity index (χ3n) is 5.93. The van der Waals surface area contributed by atoms with Gasteiger partial charge in [0.15, 0.2) is 5.82 Å². The third kappa shape index (κ3) is 4.42. The molecule has 2 fully saturated rings. The minimum Gasteiger partial charge on any atom is -0.343 e. The van der Waals surface area contributed by atoms with E-state index in [4.69, 9.17) is 9.51 Å². The molecule has 0 bridgehead atoms. The molecular formula is C21H29N5O2. The molecule has 1 aromatic heterocycles. The van der Waals surface area contributed by atoms with Crippen LogP contribution in [0, 0.1) is 0 Å². The van der Waals surface area contributed by atoms with Gasteiger partial charge in [-0.05, 0) is 31.9 Å². The van der Waals surface area contributed by atoms with Crippen molar-refractivity contribution in [1.82, 2.24) is 25.3 Å². The molecule has 0 saturated carbocycles. The monoisotopic (exact) mass is 383 g/mol. The lowest BCUT2D eigenvalue weighted by atomic mass is 9.96. The molecule has 150 valence electrons. The normalized spacial score (nSPS) is 21.8. The van der Waals surface area contributed by atoms with E-state index in [1.165, 1.54) is 5.56 Å². The van der Waals surface area contributed by atoms with Crippen molar-refractivity contribution >= 4 is 5.91 Å². The number of rotatable bonds is 5. The van der Waals surface area contributed by atoms with Gasteiger partial charge in [-0.2, -0.15) is 4.98 Å². The van der Waals surface area contributed by atoms with Crippen molar-refractivity contribution in [3.05, 3.63) is 47.6 Å². The van der Waals surface area contributed by atoms with Gasteiger partial charge in [0, 0.05) is 45.1 Å². The maximum Gasteiger partial charge on any atom is 0.229 e. The second kappa shape index (κ2) is 8.84. The molecule has 2 aromatic rings. The molecule has 0 spiro atoms. The Morgan fingerprint density at radius 1 is 1.21 bits per heavy atom. The lowest BCUT2D eigenvalue weighted by Gasteiger charge is -2.31. The zero-order valence-corrected chi connectivity index (χ0v) is 16.5. The van der Waals surface area contributed by atoms with Gasteiger partial charge in [0.05, 0.1) is 6.04 Å². The molecule has 1 aromatic carbocycles. The average molecular weight is 383 g/mol. The molecule has 7 heteroatoms. The van der Waals surface area contributed by atoms with Gasteiger partial charge in [0.2, 0.25) is 11.8 Å². The highest BCUT2D eigenvalue weighted by atomic mass is 16.5. The van der Waals surface area contributed by atoms with Crippen LogP contribution < -0.4 is 5.32 Å².